The number of carbonyl (C=O) groups excluding carboxylic acids is 1. The van der Waals surface area contributed by atoms with Crippen LogP contribution in [0.1, 0.15) is 24.8 Å². The molecule has 1 amide bonds. The molecule has 2 fully saturated rings. The molecule has 0 saturated heterocycles. The number of amides is 1. The first kappa shape index (κ1) is 27.8. The van der Waals surface area contributed by atoms with Crippen LogP contribution < -0.4 is 30.6 Å². The number of nitrogens with zero attached hydrogens (tertiary/aromatic N) is 3. The van der Waals surface area contributed by atoms with E-state index in [1.54, 1.807) is 33.5 Å². The van der Waals surface area contributed by atoms with Gasteiger partial charge in [-0.2, -0.15) is 4.98 Å². The number of methoxy groups -OCH3 is 3. The van der Waals surface area contributed by atoms with E-state index in [4.69, 9.17) is 24.5 Å². The topological polar surface area (TPSA) is 167 Å². The Morgan fingerprint density at radius 2 is 1.81 bits per heavy atom. The summed E-state index contributed by atoms with van der Waals surface area (Å²) in [5, 5.41) is 21.2. The molecule has 2 aliphatic rings. The highest BCUT2D eigenvalue weighted by Gasteiger charge is 2.48. The molecule has 2 bridgehead atoms. The number of hydrogen-bond donors (Lipinski definition) is 4. The molecule has 0 aliphatic heterocycles. The van der Waals surface area contributed by atoms with Gasteiger partial charge in [-0.3, -0.25) is 4.79 Å². The molecule has 0 spiro atoms. The first-order valence-electron chi connectivity index (χ1n) is 13.5. The molecule has 2 aliphatic carbocycles. The lowest BCUT2D eigenvalue weighted by atomic mass is 9.86. The fraction of sp³-hybridized carbons (Fsp3) is 0.379. The molecular formula is C29H32N6O6S. The van der Waals surface area contributed by atoms with Gasteiger partial charge >= 0.3 is 0 Å². The monoisotopic (exact) mass is 592 g/mol. The van der Waals surface area contributed by atoms with E-state index in [2.05, 4.69) is 25.8 Å². The number of aryl methyl sites for hydroxylation is 1. The SMILES string of the molecule is COc1cc(Nc2nc(N)c(-c3nc(-c4cc(NC(=O)C5CC6CC(O)C5C6)ccc4C)no3)s2)cc(OC)c1OC. The Hall–Kier alpha value is -4.36. The average Bonchev–Trinajstić information content (AvgIpc) is 3.77. The molecule has 4 atom stereocenters. The zero-order chi connectivity index (χ0) is 29.5. The molecule has 4 aromatic rings. The number of carbonyl (C=O) groups is 1. The predicted molar refractivity (Wildman–Crippen MR) is 158 cm³/mol. The molecule has 2 aromatic carbocycles. The third-order valence-electron chi connectivity index (χ3n) is 8.05. The van der Waals surface area contributed by atoms with Crippen molar-refractivity contribution in [3.8, 4) is 39.4 Å². The van der Waals surface area contributed by atoms with Gasteiger partial charge in [0.25, 0.3) is 5.89 Å². The fourth-order valence-electron chi connectivity index (χ4n) is 6.03. The molecule has 12 nitrogen and oxygen atoms in total. The summed E-state index contributed by atoms with van der Waals surface area (Å²) < 4.78 is 21.8. The van der Waals surface area contributed by atoms with E-state index in [1.807, 2.05) is 25.1 Å². The van der Waals surface area contributed by atoms with Crippen LogP contribution >= 0.6 is 11.3 Å². The summed E-state index contributed by atoms with van der Waals surface area (Å²) in [5.41, 5.74) is 9.16. The van der Waals surface area contributed by atoms with E-state index in [0.717, 1.165) is 30.4 Å². The van der Waals surface area contributed by atoms with Crippen LogP contribution in [-0.2, 0) is 4.79 Å². The van der Waals surface area contributed by atoms with Crippen LogP contribution in [0.25, 0.3) is 22.2 Å². The number of benzene rings is 2. The average molecular weight is 593 g/mol. The highest BCUT2D eigenvalue weighted by molar-refractivity contribution is 7.19. The van der Waals surface area contributed by atoms with Crippen LogP contribution in [-0.4, -0.2) is 53.6 Å². The molecule has 2 saturated carbocycles. The van der Waals surface area contributed by atoms with Crippen molar-refractivity contribution in [2.75, 3.05) is 37.7 Å². The number of nitrogen functional groups attached to an aromatic ring is 1. The summed E-state index contributed by atoms with van der Waals surface area (Å²) in [6, 6.07) is 9.11. The Bertz CT molecular complexity index is 1610. The minimum atomic E-state index is -0.386. The van der Waals surface area contributed by atoms with Crippen molar-refractivity contribution in [3.05, 3.63) is 35.9 Å². The van der Waals surface area contributed by atoms with Crippen molar-refractivity contribution in [1.29, 1.82) is 0 Å². The zero-order valence-corrected chi connectivity index (χ0v) is 24.4. The largest absolute Gasteiger partial charge is 0.493 e. The number of rotatable bonds is 9. The smallest absolute Gasteiger partial charge is 0.272 e. The lowest BCUT2D eigenvalue weighted by molar-refractivity contribution is -0.122. The van der Waals surface area contributed by atoms with Crippen molar-refractivity contribution in [2.24, 2.45) is 17.8 Å². The number of aliphatic hydroxyl groups is 1. The standard InChI is InChI=1S/C29H32N6O6S/c1-13-5-6-15(31-27(37)19-8-14-7-18(19)20(36)9-14)10-17(13)26-34-28(41-35-26)24-25(30)33-29(42-24)32-16-11-21(38-2)23(40-4)22(12-16)39-3/h5-6,10-12,14,18-20,36H,7-9,30H2,1-4H3,(H,31,37)(H,32,33). The predicted octanol–water partition coefficient (Wildman–Crippen LogP) is 4.87. The van der Waals surface area contributed by atoms with Gasteiger partial charge in [0.05, 0.1) is 27.4 Å². The first-order valence-corrected chi connectivity index (χ1v) is 14.4. The summed E-state index contributed by atoms with van der Waals surface area (Å²) in [6.07, 6.45) is 2.16. The van der Waals surface area contributed by atoms with Gasteiger partial charge in [0.2, 0.25) is 17.5 Å². The van der Waals surface area contributed by atoms with Crippen LogP contribution in [0.2, 0.25) is 0 Å². The molecule has 2 heterocycles. The number of anilines is 4. The second kappa shape index (κ2) is 11.1. The minimum Gasteiger partial charge on any atom is -0.493 e. The van der Waals surface area contributed by atoms with Gasteiger partial charge in [0.15, 0.2) is 16.6 Å². The van der Waals surface area contributed by atoms with Crippen LogP contribution in [0, 0.1) is 24.7 Å². The summed E-state index contributed by atoms with van der Waals surface area (Å²) in [4.78, 5) is 22.6. The molecule has 42 heavy (non-hydrogen) atoms. The van der Waals surface area contributed by atoms with Crippen molar-refractivity contribution in [1.82, 2.24) is 15.1 Å². The lowest BCUT2D eigenvalue weighted by Crippen LogP contribution is -2.33. The molecule has 4 unspecified atom stereocenters. The van der Waals surface area contributed by atoms with Gasteiger partial charge in [-0.1, -0.05) is 22.6 Å². The maximum Gasteiger partial charge on any atom is 0.272 e. The number of hydrogen-bond acceptors (Lipinski definition) is 12. The van der Waals surface area contributed by atoms with Gasteiger partial charge in [0.1, 0.15) is 10.7 Å². The maximum absolute atomic E-state index is 13.0. The highest BCUT2D eigenvalue weighted by atomic mass is 32.1. The maximum atomic E-state index is 13.0. The van der Waals surface area contributed by atoms with Crippen molar-refractivity contribution < 1.29 is 28.6 Å². The van der Waals surface area contributed by atoms with E-state index in [-0.39, 0.29) is 35.6 Å². The number of aromatic nitrogens is 3. The van der Waals surface area contributed by atoms with Gasteiger partial charge < -0.3 is 40.2 Å². The Balaban J connectivity index is 1.20. The Kier molecular flexibility index (Phi) is 7.37. The van der Waals surface area contributed by atoms with Crippen LogP contribution in [0.4, 0.5) is 22.3 Å². The van der Waals surface area contributed by atoms with Gasteiger partial charge in [-0.25, -0.2) is 4.98 Å². The fourth-order valence-corrected chi connectivity index (χ4v) is 6.86. The third kappa shape index (κ3) is 5.09. The molecule has 0 radical (unpaired) electrons. The number of aliphatic hydroxyl groups excluding tert-OH is 1. The third-order valence-corrected chi connectivity index (χ3v) is 9.03. The number of ether oxygens (including phenoxy) is 3. The van der Waals surface area contributed by atoms with Crippen LogP contribution in [0.15, 0.2) is 34.9 Å². The van der Waals surface area contributed by atoms with Gasteiger partial charge in [-0.05, 0) is 55.7 Å². The Morgan fingerprint density at radius 1 is 1.05 bits per heavy atom. The van der Waals surface area contributed by atoms with E-state index in [1.165, 1.54) is 11.3 Å². The van der Waals surface area contributed by atoms with Crippen molar-refractivity contribution in [3.63, 3.8) is 0 Å². The highest BCUT2D eigenvalue weighted by Crippen LogP contribution is 2.49. The van der Waals surface area contributed by atoms with E-state index < -0.39 is 0 Å². The lowest BCUT2D eigenvalue weighted by Gasteiger charge is -2.25. The van der Waals surface area contributed by atoms with Crippen molar-refractivity contribution in [2.45, 2.75) is 32.3 Å². The van der Waals surface area contributed by atoms with E-state index in [9.17, 15) is 9.90 Å². The Morgan fingerprint density at radius 3 is 2.48 bits per heavy atom. The van der Waals surface area contributed by atoms with E-state index >= 15 is 0 Å². The van der Waals surface area contributed by atoms with Gasteiger partial charge in [0, 0.05) is 35.0 Å². The van der Waals surface area contributed by atoms with Crippen LogP contribution in [0.3, 0.4) is 0 Å². The summed E-state index contributed by atoms with van der Waals surface area (Å²) in [5.74, 6) is 2.53. The minimum absolute atomic E-state index is 0.0395. The second-order valence-electron chi connectivity index (χ2n) is 10.6. The molecule has 2 aromatic heterocycles. The number of thiazole rings is 1. The Labute approximate surface area is 246 Å². The second-order valence-corrected chi connectivity index (χ2v) is 11.6. The van der Waals surface area contributed by atoms with Gasteiger partial charge in [-0.15, -0.1) is 0 Å². The van der Waals surface area contributed by atoms with E-state index in [0.29, 0.717) is 50.4 Å². The number of fused-ring (bicyclic) bond motifs is 2. The molecule has 220 valence electrons. The van der Waals surface area contributed by atoms with Crippen molar-refractivity contribution >= 4 is 39.6 Å². The normalized spacial score (nSPS) is 20.9. The van der Waals surface area contributed by atoms with Crippen LogP contribution in [0.5, 0.6) is 17.2 Å². The molecule has 13 heteroatoms. The number of nitrogens with one attached hydrogen (secondary N) is 2. The summed E-state index contributed by atoms with van der Waals surface area (Å²) in [7, 11) is 4.63. The zero-order valence-electron chi connectivity index (χ0n) is 23.6. The number of nitrogens with two attached hydrogens (primary N) is 1. The quantitative estimate of drug-likeness (QED) is 0.209. The first-order chi connectivity index (χ1) is 20.3. The summed E-state index contributed by atoms with van der Waals surface area (Å²) >= 11 is 1.25. The summed E-state index contributed by atoms with van der Waals surface area (Å²) in [6.45, 7) is 1.93. The molecular weight excluding hydrogens is 560 g/mol. The molecule has 6 rings (SSSR count). The molecule has 5 N–H and O–H groups in total.